The van der Waals surface area contributed by atoms with Gasteiger partial charge in [-0.05, 0) is 31.9 Å². The molecule has 152 valence electrons. The SMILES string of the molecule is Cc1csc(NC(=O)C2CCN(C(=O)[C@@H]3CC(=O)N(c4ccccc4)C3)CC2)n1. The molecule has 4 rings (SSSR count). The zero-order valence-corrected chi connectivity index (χ0v) is 17.2. The van der Waals surface area contributed by atoms with E-state index in [-0.39, 0.29) is 36.0 Å². The number of nitrogens with zero attached hydrogens (tertiary/aromatic N) is 3. The Kier molecular flexibility index (Phi) is 5.62. The average Bonchev–Trinajstić information content (AvgIpc) is 3.33. The van der Waals surface area contributed by atoms with Crippen molar-refractivity contribution in [2.75, 3.05) is 29.9 Å². The third-order valence-corrected chi connectivity index (χ3v) is 6.44. The molecule has 2 fully saturated rings. The molecule has 1 N–H and O–H groups in total. The molecule has 0 aliphatic carbocycles. The number of thiazole rings is 1. The second-order valence-electron chi connectivity index (χ2n) is 7.62. The van der Waals surface area contributed by atoms with E-state index in [0.717, 1.165) is 11.4 Å². The Labute approximate surface area is 173 Å². The van der Waals surface area contributed by atoms with Crippen LogP contribution in [0, 0.1) is 18.8 Å². The number of hydrogen-bond acceptors (Lipinski definition) is 5. The number of hydrogen-bond donors (Lipinski definition) is 1. The lowest BCUT2D eigenvalue weighted by Gasteiger charge is -2.32. The molecule has 3 heterocycles. The minimum absolute atomic E-state index is 0.0115. The first kappa shape index (κ1) is 19.6. The number of rotatable bonds is 4. The van der Waals surface area contributed by atoms with E-state index in [9.17, 15) is 14.4 Å². The highest BCUT2D eigenvalue weighted by Gasteiger charge is 2.38. The summed E-state index contributed by atoms with van der Waals surface area (Å²) in [4.78, 5) is 45.5. The third-order valence-electron chi connectivity index (χ3n) is 5.57. The van der Waals surface area contributed by atoms with Crippen LogP contribution in [0.15, 0.2) is 35.7 Å². The maximum absolute atomic E-state index is 12.9. The van der Waals surface area contributed by atoms with Crippen LogP contribution in [0.3, 0.4) is 0 Å². The van der Waals surface area contributed by atoms with Crippen LogP contribution in [0.2, 0.25) is 0 Å². The number of carbonyl (C=O) groups excluding carboxylic acids is 3. The lowest BCUT2D eigenvalue weighted by Crippen LogP contribution is -2.44. The summed E-state index contributed by atoms with van der Waals surface area (Å²) in [6, 6.07) is 9.46. The molecule has 2 aliphatic rings. The number of benzene rings is 1. The van der Waals surface area contributed by atoms with Gasteiger partial charge in [0, 0.05) is 43.0 Å². The van der Waals surface area contributed by atoms with E-state index in [1.807, 2.05) is 47.5 Å². The summed E-state index contributed by atoms with van der Waals surface area (Å²) >= 11 is 1.42. The van der Waals surface area contributed by atoms with Crippen molar-refractivity contribution in [3.05, 3.63) is 41.4 Å². The highest BCUT2D eigenvalue weighted by atomic mass is 32.1. The number of amides is 3. The van der Waals surface area contributed by atoms with Crippen molar-refractivity contribution in [3.8, 4) is 0 Å². The number of nitrogens with one attached hydrogen (secondary N) is 1. The lowest BCUT2D eigenvalue weighted by molar-refractivity contribution is -0.138. The molecule has 0 unspecified atom stereocenters. The van der Waals surface area contributed by atoms with E-state index in [0.29, 0.717) is 37.6 Å². The van der Waals surface area contributed by atoms with Gasteiger partial charge in [0.15, 0.2) is 5.13 Å². The van der Waals surface area contributed by atoms with Crippen molar-refractivity contribution in [3.63, 3.8) is 0 Å². The van der Waals surface area contributed by atoms with Crippen LogP contribution in [-0.2, 0) is 14.4 Å². The molecule has 0 bridgehead atoms. The van der Waals surface area contributed by atoms with Gasteiger partial charge in [-0.3, -0.25) is 14.4 Å². The molecular weight excluding hydrogens is 388 g/mol. The predicted molar refractivity (Wildman–Crippen MR) is 112 cm³/mol. The Morgan fingerprint density at radius 2 is 1.86 bits per heavy atom. The van der Waals surface area contributed by atoms with Crippen molar-refractivity contribution in [2.24, 2.45) is 11.8 Å². The normalized spacial score (nSPS) is 20.2. The molecule has 0 radical (unpaired) electrons. The van der Waals surface area contributed by atoms with Crippen molar-refractivity contribution in [2.45, 2.75) is 26.2 Å². The van der Waals surface area contributed by atoms with E-state index in [1.165, 1.54) is 11.3 Å². The fourth-order valence-electron chi connectivity index (χ4n) is 3.97. The fourth-order valence-corrected chi connectivity index (χ4v) is 4.66. The molecule has 1 aromatic carbocycles. The summed E-state index contributed by atoms with van der Waals surface area (Å²) in [6.07, 6.45) is 1.51. The minimum Gasteiger partial charge on any atom is -0.342 e. The monoisotopic (exact) mass is 412 g/mol. The fraction of sp³-hybridized carbons (Fsp3) is 0.429. The first-order chi connectivity index (χ1) is 14.0. The summed E-state index contributed by atoms with van der Waals surface area (Å²) in [5, 5.41) is 5.40. The van der Waals surface area contributed by atoms with Crippen molar-refractivity contribution in [1.29, 1.82) is 0 Å². The molecule has 8 heteroatoms. The Balaban J connectivity index is 1.30. The molecule has 0 spiro atoms. The number of likely N-dealkylation sites (tertiary alicyclic amines) is 1. The Morgan fingerprint density at radius 3 is 2.52 bits per heavy atom. The standard InChI is InChI=1S/C21H24N4O3S/c1-14-13-29-21(22-14)23-19(27)15-7-9-24(10-8-15)20(28)16-11-18(26)25(12-16)17-5-3-2-4-6-17/h2-6,13,15-16H,7-12H2,1H3,(H,22,23,27)/t16-/m1/s1. The Morgan fingerprint density at radius 1 is 1.14 bits per heavy atom. The molecule has 1 aromatic heterocycles. The van der Waals surface area contributed by atoms with Gasteiger partial charge in [0.1, 0.15) is 0 Å². The lowest BCUT2D eigenvalue weighted by atomic mass is 9.94. The van der Waals surface area contributed by atoms with Crippen LogP contribution in [0.4, 0.5) is 10.8 Å². The maximum atomic E-state index is 12.9. The highest BCUT2D eigenvalue weighted by molar-refractivity contribution is 7.13. The summed E-state index contributed by atoms with van der Waals surface area (Å²) < 4.78 is 0. The van der Waals surface area contributed by atoms with E-state index < -0.39 is 0 Å². The van der Waals surface area contributed by atoms with Crippen LogP contribution < -0.4 is 10.2 Å². The third kappa shape index (κ3) is 4.32. The van der Waals surface area contributed by atoms with Crippen molar-refractivity contribution in [1.82, 2.24) is 9.88 Å². The predicted octanol–water partition coefficient (Wildman–Crippen LogP) is 2.68. The smallest absolute Gasteiger partial charge is 0.229 e. The van der Waals surface area contributed by atoms with Gasteiger partial charge in [-0.1, -0.05) is 18.2 Å². The number of aryl methyl sites for hydroxylation is 1. The van der Waals surface area contributed by atoms with Gasteiger partial charge >= 0.3 is 0 Å². The Bertz CT molecular complexity index is 906. The first-order valence-electron chi connectivity index (χ1n) is 9.88. The second kappa shape index (κ2) is 8.32. The van der Waals surface area contributed by atoms with Crippen molar-refractivity contribution >= 4 is 39.9 Å². The zero-order valence-electron chi connectivity index (χ0n) is 16.3. The minimum atomic E-state index is -0.314. The van der Waals surface area contributed by atoms with E-state index in [4.69, 9.17) is 0 Å². The topological polar surface area (TPSA) is 82.6 Å². The molecule has 2 aromatic rings. The van der Waals surface area contributed by atoms with Gasteiger partial charge in [-0.15, -0.1) is 11.3 Å². The van der Waals surface area contributed by atoms with E-state index >= 15 is 0 Å². The molecular formula is C21H24N4O3S. The largest absolute Gasteiger partial charge is 0.342 e. The molecule has 2 saturated heterocycles. The molecule has 1 atom stereocenters. The highest BCUT2D eigenvalue weighted by Crippen LogP contribution is 2.28. The number of piperidine rings is 1. The zero-order chi connectivity index (χ0) is 20.4. The molecule has 0 saturated carbocycles. The van der Waals surface area contributed by atoms with E-state index in [2.05, 4.69) is 10.3 Å². The van der Waals surface area contributed by atoms with Gasteiger partial charge in [0.05, 0.1) is 11.6 Å². The number of anilines is 2. The number of carbonyl (C=O) groups is 3. The molecule has 7 nitrogen and oxygen atoms in total. The van der Waals surface area contributed by atoms with Crippen molar-refractivity contribution < 1.29 is 14.4 Å². The quantitative estimate of drug-likeness (QED) is 0.837. The summed E-state index contributed by atoms with van der Waals surface area (Å²) in [5.41, 5.74) is 1.72. The first-order valence-corrected chi connectivity index (χ1v) is 10.8. The summed E-state index contributed by atoms with van der Waals surface area (Å²) in [5.74, 6) is -0.452. The van der Waals surface area contributed by atoms with Crippen LogP contribution in [0.25, 0.3) is 0 Å². The van der Waals surface area contributed by atoms with Crippen LogP contribution in [0.5, 0.6) is 0 Å². The van der Waals surface area contributed by atoms with Crippen LogP contribution in [0.1, 0.15) is 25.0 Å². The molecule has 29 heavy (non-hydrogen) atoms. The van der Waals surface area contributed by atoms with Crippen LogP contribution >= 0.6 is 11.3 Å². The number of aromatic nitrogens is 1. The number of para-hydroxylation sites is 1. The Hall–Kier alpha value is -2.74. The van der Waals surface area contributed by atoms with Gasteiger partial charge in [-0.25, -0.2) is 4.98 Å². The second-order valence-corrected chi connectivity index (χ2v) is 8.48. The average molecular weight is 413 g/mol. The maximum Gasteiger partial charge on any atom is 0.229 e. The van der Waals surface area contributed by atoms with Gasteiger partial charge in [-0.2, -0.15) is 0 Å². The molecule has 3 amide bonds. The van der Waals surface area contributed by atoms with Gasteiger partial charge in [0.2, 0.25) is 17.7 Å². The van der Waals surface area contributed by atoms with Gasteiger partial charge < -0.3 is 15.1 Å². The van der Waals surface area contributed by atoms with Gasteiger partial charge in [0.25, 0.3) is 0 Å². The summed E-state index contributed by atoms with van der Waals surface area (Å²) in [6.45, 7) is 3.40. The molecule has 2 aliphatic heterocycles. The van der Waals surface area contributed by atoms with Crippen LogP contribution in [-0.4, -0.2) is 47.2 Å². The summed E-state index contributed by atoms with van der Waals surface area (Å²) in [7, 11) is 0. The van der Waals surface area contributed by atoms with E-state index in [1.54, 1.807) is 4.90 Å².